The summed E-state index contributed by atoms with van der Waals surface area (Å²) in [5.41, 5.74) is 6.79. The monoisotopic (exact) mass is 495 g/mol. The van der Waals surface area contributed by atoms with Crippen LogP contribution in [0.25, 0.3) is 16.6 Å². The van der Waals surface area contributed by atoms with Gasteiger partial charge in [-0.05, 0) is 58.2 Å². The largest absolute Gasteiger partial charge is 0.386 e. The molecule has 0 aliphatic carbocycles. The molecule has 4 aromatic rings. The Morgan fingerprint density at radius 1 is 1.19 bits per heavy atom. The van der Waals surface area contributed by atoms with E-state index in [-0.39, 0.29) is 40.4 Å². The average molecular weight is 496 g/mol. The summed E-state index contributed by atoms with van der Waals surface area (Å²) in [5.74, 6) is -1.66. The lowest BCUT2D eigenvalue weighted by Crippen LogP contribution is -2.45. The van der Waals surface area contributed by atoms with Crippen molar-refractivity contribution in [2.45, 2.75) is 58.1 Å². The number of aromatic nitrogens is 5. The number of hydrogen-bond donors (Lipinski definition) is 2. The Morgan fingerprint density at radius 2 is 1.94 bits per heavy atom. The van der Waals surface area contributed by atoms with Crippen LogP contribution in [0.4, 0.5) is 14.7 Å². The Hall–Kier alpha value is -3.73. The van der Waals surface area contributed by atoms with Gasteiger partial charge in [0, 0.05) is 36.3 Å². The minimum Gasteiger partial charge on any atom is -0.386 e. The van der Waals surface area contributed by atoms with Gasteiger partial charge in [-0.2, -0.15) is 4.52 Å². The van der Waals surface area contributed by atoms with Gasteiger partial charge in [-0.1, -0.05) is 0 Å². The van der Waals surface area contributed by atoms with Crippen molar-refractivity contribution in [2.24, 2.45) is 0 Å². The van der Waals surface area contributed by atoms with Gasteiger partial charge in [0.25, 0.3) is 5.91 Å². The predicted molar refractivity (Wildman–Crippen MR) is 129 cm³/mol. The van der Waals surface area contributed by atoms with Crippen molar-refractivity contribution < 1.29 is 18.7 Å². The highest BCUT2D eigenvalue weighted by Crippen LogP contribution is 2.32. The van der Waals surface area contributed by atoms with Gasteiger partial charge < -0.3 is 15.7 Å². The molecule has 1 aliphatic heterocycles. The Kier molecular flexibility index (Phi) is 5.62. The highest BCUT2D eigenvalue weighted by atomic mass is 19.1. The number of carbonyl (C=O) groups excluding carboxylic acids is 1. The first-order valence-electron chi connectivity index (χ1n) is 11.8. The molecule has 1 fully saturated rings. The topological polar surface area (TPSA) is 123 Å². The first-order valence-corrected chi connectivity index (χ1v) is 11.8. The van der Waals surface area contributed by atoms with Crippen LogP contribution < -0.4 is 5.73 Å². The molecule has 1 amide bonds. The third-order valence-corrected chi connectivity index (χ3v) is 6.83. The number of nitrogens with zero attached hydrogens (tertiary/aromatic N) is 6. The van der Waals surface area contributed by atoms with Crippen molar-refractivity contribution in [2.75, 3.05) is 12.3 Å². The van der Waals surface area contributed by atoms with Crippen LogP contribution in [0, 0.1) is 18.6 Å². The van der Waals surface area contributed by atoms with Gasteiger partial charge in [0.15, 0.2) is 17.3 Å². The molecule has 4 heterocycles. The summed E-state index contributed by atoms with van der Waals surface area (Å²) >= 11 is 0. The molecule has 0 bridgehead atoms. The fourth-order valence-electron chi connectivity index (χ4n) is 4.91. The third kappa shape index (κ3) is 4.02. The quantitative estimate of drug-likeness (QED) is 0.446. The van der Waals surface area contributed by atoms with Crippen molar-refractivity contribution in [3.8, 4) is 0 Å². The van der Waals surface area contributed by atoms with E-state index >= 15 is 0 Å². The maximum atomic E-state index is 14.3. The highest BCUT2D eigenvalue weighted by Gasteiger charge is 2.34. The minimum atomic E-state index is -1.07. The van der Waals surface area contributed by atoms with Gasteiger partial charge >= 0.3 is 0 Å². The molecule has 188 valence electrons. The van der Waals surface area contributed by atoms with E-state index < -0.39 is 17.2 Å². The van der Waals surface area contributed by atoms with Crippen molar-refractivity contribution in [1.29, 1.82) is 0 Å². The van der Waals surface area contributed by atoms with Crippen LogP contribution in [0.3, 0.4) is 0 Å². The van der Waals surface area contributed by atoms with Crippen molar-refractivity contribution in [3.05, 3.63) is 58.7 Å². The van der Waals surface area contributed by atoms with Gasteiger partial charge in [-0.3, -0.25) is 9.78 Å². The Labute approximate surface area is 206 Å². The summed E-state index contributed by atoms with van der Waals surface area (Å²) in [6, 6.07) is 3.57. The lowest BCUT2D eigenvalue weighted by molar-refractivity contribution is 0.0596. The zero-order valence-corrected chi connectivity index (χ0v) is 20.5. The maximum absolute atomic E-state index is 14.3. The number of hydrogen-bond acceptors (Lipinski definition) is 7. The molecule has 2 atom stereocenters. The van der Waals surface area contributed by atoms with Gasteiger partial charge in [-0.25, -0.2) is 18.7 Å². The fraction of sp³-hybridized carbons (Fsp3) is 0.400. The summed E-state index contributed by atoms with van der Waals surface area (Å²) < 4.78 is 29.5. The van der Waals surface area contributed by atoms with E-state index in [2.05, 4.69) is 20.1 Å². The highest BCUT2D eigenvalue weighted by molar-refractivity contribution is 5.93. The number of halogens is 2. The van der Waals surface area contributed by atoms with E-state index in [9.17, 15) is 18.7 Å². The molecule has 0 spiro atoms. The average Bonchev–Trinajstić information content (AvgIpc) is 3.25. The van der Waals surface area contributed by atoms with E-state index in [0.717, 1.165) is 24.1 Å². The Balaban J connectivity index is 1.48. The number of carbonyl (C=O) groups is 1. The maximum Gasteiger partial charge on any atom is 0.272 e. The molecular formula is C25H27F2N7O2. The van der Waals surface area contributed by atoms with E-state index in [1.54, 1.807) is 24.8 Å². The van der Waals surface area contributed by atoms with Crippen LogP contribution in [-0.2, 0) is 5.60 Å². The molecule has 36 heavy (non-hydrogen) atoms. The number of piperidine rings is 1. The normalized spacial score (nSPS) is 18.8. The summed E-state index contributed by atoms with van der Waals surface area (Å²) in [6.07, 6.45) is 2.97. The van der Waals surface area contributed by atoms with Crippen molar-refractivity contribution in [3.63, 3.8) is 0 Å². The number of benzene rings is 1. The first-order chi connectivity index (χ1) is 16.9. The van der Waals surface area contributed by atoms with Gasteiger partial charge in [0.2, 0.25) is 5.95 Å². The summed E-state index contributed by atoms with van der Waals surface area (Å²) in [5, 5.41) is 15.0. The molecule has 3 aromatic heterocycles. The van der Waals surface area contributed by atoms with Crippen molar-refractivity contribution >= 4 is 28.4 Å². The predicted octanol–water partition coefficient (Wildman–Crippen LogP) is 3.48. The van der Waals surface area contributed by atoms with Crippen LogP contribution in [0.15, 0.2) is 24.4 Å². The third-order valence-electron chi connectivity index (χ3n) is 6.83. The fourth-order valence-corrected chi connectivity index (χ4v) is 4.91. The van der Waals surface area contributed by atoms with Crippen LogP contribution in [0.2, 0.25) is 0 Å². The molecule has 1 aliphatic rings. The number of nitrogens with two attached hydrogens (primary N) is 1. The zero-order chi connectivity index (χ0) is 25.9. The molecule has 3 N–H and O–H groups in total. The van der Waals surface area contributed by atoms with Crippen LogP contribution >= 0.6 is 0 Å². The summed E-state index contributed by atoms with van der Waals surface area (Å²) in [7, 11) is 0. The number of nitrogen functional groups attached to an aromatic ring is 1. The number of amides is 1. The van der Waals surface area contributed by atoms with Crippen molar-refractivity contribution in [1.82, 2.24) is 29.5 Å². The molecular weight excluding hydrogens is 468 g/mol. The van der Waals surface area contributed by atoms with E-state index in [1.165, 1.54) is 10.7 Å². The molecule has 9 nitrogen and oxygen atoms in total. The smallest absolute Gasteiger partial charge is 0.272 e. The van der Waals surface area contributed by atoms with Gasteiger partial charge in [0.1, 0.15) is 17.0 Å². The second-order valence-corrected chi connectivity index (χ2v) is 9.98. The van der Waals surface area contributed by atoms with Crippen LogP contribution in [0.5, 0.6) is 0 Å². The number of pyridine rings is 1. The lowest BCUT2D eigenvalue weighted by atomic mass is 9.92. The molecule has 0 unspecified atom stereocenters. The zero-order valence-electron chi connectivity index (χ0n) is 20.5. The number of anilines is 1. The molecule has 11 heteroatoms. The molecule has 0 radical (unpaired) electrons. The summed E-state index contributed by atoms with van der Waals surface area (Å²) in [6.45, 7) is 7.50. The lowest BCUT2D eigenvalue weighted by Gasteiger charge is -2.37. The van der Waals surface area contributed by atoms with Crippen LogP contribution in [0.1, 0.15) is 67.0 Å². The molecule has 1 saturated heterocycles. The second-order valence-electron chi connectivity index (χ2n) is 9.98. The van der Waals surface area contributed by atoms with E-state index in [4.69, 9.17) is 5.73 Å². The molecule has 1 aromatic carbocycles. The summed E-state index contributed by atoms with van der Waals surface area (Å²) in [4.78, 5) is 28.1. The molecule has 0 saturated carbocycles. The second kappa shape index (κ2) is 8.44. The first kappa shape index (κ1) is 24.0. The van der Waals surface area contributed by atoms with Gasteiger partial charge in [0.05, 0.1) is 11.0 Å². The van der Waals surface area contributed by atoms with E-state index in [0.29, 0.717) is 30.0 Å². The minimum absolute atomic E-state index is 0.0300. The van der Waals surface area contributed by atoms with Crippen LogP contribution in [-0.4, -0.2) is 53.1 Å². The number of aryl methyl sites for hydroxylation is 1. The molecule has 5 rings (SSSR count). The Morgan fingerprint density at radius 3 is 2.64 bits per heavy atom. The van der Waals surface area contributed by atoms with E-state index in [1.807, 2.05) is 13.8 Å². The van der Waals surface area contributed by atoms with Gasteiger partial charge in [-0.15, -0.1) is 5.10 Å². The number of rotatable bonds is 3. The number of fused-ring (bicyclic) bond motifs is 3. The number of aliphatic hydroxyl groups is 1. The standard InChI is InChI=1S/C25H27F2N7O2/c1-12-7-19(29-10-17(12)25(3,4)36)23(35)33-11-14(6-5-13(33)2)21-31-22-16-8-15(26)9-18(27)20(16)30-24(28)34(22)32-21/h7-10,13-14,36H,5-6,11H2,1-4H3,(H2,28,30)/t13-,14+/m0/s1. The number of likely N-dealkylation sites (tertiary alicyclic amines) is 1. The SMILES string of the molecule is Cc1cc(C(=O)N2C[C@H](c3nc4c5cc(F)cc(F)c5nc(N)n4n3)CC[C@@H]2C)ncc1C(C)(C)O. The Bertz CT molecular complexity index is 1510.